The summed E-state index contributed by atoms with van der Waals surface area (Å²) in [6.45, 7) is 3.23. The molecule has 0 aliphatic carbocycles. The Morgan fingerprint density at radius 2 is 1.69 bits per heavy atom. The summed E-state index contributed by atoms with van der Waals surface area (Å²) in [6, 6.07) is 13.5. The smallest absolute Gasteiger partial charge is 0.294 e. The van der Waals surface area contributed by atoms with E-state index in [0.29, 0.717) is 37.9 Å². The molecular weight excluding hydrogens is 714 g/mol. The number of anilines is 2. The van der Waals surface area contributed by atoms with E-state index in [4.69, 9.17) is 21.1 Å². The number of ether oxygens (including phenoxy) is 2. The highest BCUT2D eigenvalue weighted by molar-refractivity contribution is 9.11. The molecule has 42 heavy (non-hydrogen) atoms. The van der Waals surface area contributed by atoms with Gasteiger partial charge in [-0.2, -0.15) is 0 Å². The first-order chi connectivity index (χ1) is 19.9. The lowest BCUT2D eigenvalue weighted by Crippen LogP contribution is -2.36. The van der Waals surface area contributed by atoms with E-state index in [1.54, 1.807) is 36.4 Å². The Morgan fingerprint density at radius 3 is 2.40 bits per heavy atom. The molecule has 3 aromatic rings. The number of amides is 4. The fourth-order valence-corrected chi connectivity index (χ4v) is 5.63. The first kappa shape index (κ1) is 31.6. The van der Waals surface area contributed by atoms with Gasteiger partial charge in [-0.05, 0) is 123 Å². The summed E-state index contributed by atoms with van der Waals surface area (Å²) in [6.07, 6.45) is 1.52. The van der Waals surface area contributed by atoms with Crippen LogP contribution in [0.15, 0.2) is 62.4 Å². The minimum atomic E-state index is -0.595. The summed E-state index contributed by atoms with van der Waals surface area (Å²) in [5, 5.41) is 5.28. The summed E-state index contributed by atoms with van der Waals surface area (Å²) in [5.74, 6) is -0.847. The average Bonchev–Trinajstić information content (AvgIpc) is 3.20. The minimum absolute atomic E-state index is 0.147. The van der Waals surface area contributed by atoms with Gasteiger partial charge in [0.2, 0.25) is 5.91 Å². The van der Waals surface area contributed by atoms with Gasteiger partial charge in [-0.15, -0.1) is 0 Å². The molecule has 218 valence electrons. The number of halogens is 3. The van der Waals surface area contributed by atoms with Crippen LogP contribution >= 0.6 is 55.2 Å². The van der Waals surface area contributed by atoms with Crippen molar-refractivity contribution in [2.45, 2.75) is 13.8 Å². The third-order valence-corrected chi connectivity index (χ3v) is 8.88. The van der Waals surface area contributed by atoms with Gasteiger partial charge in [-0.25, -0.2) is 0 Å². The molecule has 1 saturated heterocycles. The van der Waals surface area contributed by atoms with Gasteiger partial charge in [0.1, 0.15) is 6.54 Å². The van der Waals surface area contributed by atoms with E-state index >= 15 is 0 Å². The summed E-state index contributed by atoms with van der Waals surface area (Å²) in [5.41, 5.74) is 3.76. The van der Waals surface area contributed by atoms with Crippen LogP contribution in [0.3, 0.4) is 0 Å². The van der Waals surface area contributed by atoms with Gasteiger partial charge >= 0.3 is 0 Å². The zero-order valence-electron chi connectivity index (χ0n) is 22.5. The Hall–Kier alpha value is -3.32. The third kappa shape index (κ3) is 7.74. The Bertz CT molecular complexity index is 1630. The molecule has 1 aliphatic rings. The molecule has 1 aliphatic heterocycles. The molecule has 0 radical (unpaired) electrons. The number of imide groups is 1. The van der Waals surface area contributed by atoms with E-state index in [1.807, 2.05) is 26.0 Å². The maximum Gasteiger partial charge on any atom is 0.294 e. The maximum atomic E-state index is 12.9. The number of thioether (sulfide) groups is 1. The van der Waals surface area contributed by atoms with Crippen LogP contribution < -0.4 is 20.1 Å². The second-order valence-electron chi connectivity index (χ2n) is 9.11. The highest BCUT2D eigenvalue weighted by atomic mass is 79.9. The fraction of sp³-hybridized carbons (Fsp3) is 0.172. The molecule has 1 heterocycles. The Balaban J connectivity index is 1.38. The van der Waals surface area contributed by atoms with Crippen LogP contribution in [0.4, 0.5) is 16.2 Å². The van der Waals surface area contributed by atoms with Crippen molar-refractivity contribution in [3.05, 3.63) is 84.1 Å². The number of rotatable bonds is 9. The van der Waals surface area contributed by atoms with Crippen LogP contribution in [0.2, 0.25) is 5.02 Å². The summed E-state index contributed by atoms with van der Waals surface area (Å²) in [7, 11) is 1.45. The largest absolute Gasteiger partial charge is 0.493 e. The molecule has 0 unspecified atom stereocenters. The van der Waals surface area contributed by atoms with Gasteiger partial charge in [0.05, 0.1) is 22.7 Å². The third-order valence-electron chi connectivity index (χ3n) is 6.08. The molecule has 9 nitrogen and oxygen atoms in total. The van der Waals surface area contributed by atoms with Gasteiger partial charge in [0.15, 0.2) is 18.1 Å². The van der Waals surface area contributed by atoms with Gasteiger partial charge in [-0.3, -0.25) is 24.1 Å². The highest BCUT2D eigenvalue weighted by Crippen LogP contribution is 2.35. The van der Waals surface area contributed by atoms with Crippen LogP contribution in [-0.2, 0) is 14.4 Å². The Kier molecular flexibility index (Phi) is 10.4. The number of nitrogens with one attached hydrogen (secondary N) is 2. The number of nitrogens with zero attached hydrogens (tertiary/aromatic N) is 1. The normalized spacial score (nSPS) is 13.9. The van der Waals surface area contributed by atoms with Gasteiger partial charge in [0.25, 0.3) is 17.1 Å². The topological polar surface area (TPSA) is 114 Å². The Labute approximate surface area is 268 Å². The number of hydrogen-bond donors (Lipinski definition) is 2. The number of benzene rings is 3. The molecule has 0 spiro atoms. The molecule has 13 heteroatoms. The van der Waals surface area contributed by atoms with Crippen molar-refractivity contribution in [1.82, 2.24) is 4.90 Å². The van der Waals surface area contributed by atoms with Crippen LogP contribution in [0, 0.1) is 13.8 Å². The van der Waals surface area contributed by atoms with Gasteiger partial charge in [-0.1, -0.05) is 17.7 Å². The summed E-state index contributed by atoms with van der Waals surface area (Å²) in [4.78, 5) is 51.5. The first-order valence-electron chi connectivity index (χ1n) is 12.3. The molecule has 0 bridgehead atoms. The fourth-order valence-electron chi connectivity index (χ4n) is 3.81. The van der Waals surface area contributed by atoms with E-state index in [2.05, 4.69) is 42.5 Å². The predicted molar refractivity (Wildman–Crippen MR) is 171 cm³/mol. The van der Waals surface area contributed by atoms with Crippen molar-refractivity contribution in [3.63, 3.8) is 0 Å². The van der Waals surface area contributed by atoms with Crippen molar-refractivity contribution in [1.29, 1.82) is 0 Å². The summed E-state index contributed by atoms with van der Waals surface area (Å²) >= 11 is 13.5. The molecule has 1 fully saturated rings. The van der Waals surface area contributed by atoms with Crippen molar-refractivity contribution >= 4 is 95.6 Å². The van der Waals surface area contributed by atoms with E-state index < -0.39 is 23.6 Å². The van der Waals surface area contributed by atoms with Crippen molar-refractivity contribution < 1.29 is 28.7 Å². The van der Waals surface area contributed by atoms with Crippen LogP contribution in [-0.4, -0.2) is 48.1 Å². The zero-order valence-corrected chi connectivity index (χ0v) is 27.3. The second-order valence-corrected chi connectivity index (χ2v) is 12.2. The van der Waals surface area contributed by atoms with Gasteiger partial charge in [0, 0.05) is 14.6 Å². The minimum Gasteiger partial charge on any atom is -0.493 e. The van der Waals surface area contributed by atoms with Crippen molar-refractivity contribution in [3.8, 4) is 11.5 Å². The van der Waals surface area contributed by atoms with Crippen molar-refractivity contribution in [2.24, 2.45) is 0 Å². The number of aryl methyl sites for hydroxylation is 2. The van der Waals surface area contributed by atoms with Crippen LogP contribution in [0.5, 0.6) is 11.5 Å². The first-order valence-corrected chi connectivity index (χ1v) is 15.1. The van der Waals surface area contributed by atoms with E-state index in [-0.39, 0.29) is 17.4 Å². The lowest BCUT2D eigenvalue weighted by Gasteiger charge is -2.13. The number of hydrogen-bond acceptors (Lipinski definition) is 7. The average molecular weight is 738 g/mol. The van der Waals surface area contributed by atoms with Crippen LogP contribution in [0.25, 0.3) is 6.08 Å². The molecule has 4 rings (SSSR count). The molecule has 0 aromatic heterocycles. The maximum absolute atomic E-state index is 12.9. The van der Waals surface area contributed by atoms with Gasteiger partial charge < -0.3 is 20.1 Å². The molecule has 0 atom stereocenters. The zero-order chi connectivity index (χ0) is 30.6. The number of carbonyl (C=O) groups excluding carboxylic acids is 4. The second kappa shape index (κ2) is 13.8. The van der Waals surface area contributed by atoms with Crippen LogP contribution in [0.1, 0.15) is 16.7 Å². The lowest BCUT2D eigenvalue weighted by atomic mass is 10.1. The van der Waals surface area contributed by atoms with Crippen molar-refractivity contribution in [2.75, 3.05) is 30.9 Å². The molecule has 2 N–H and O–H groups in total. The standard InChI is InChI=1S/C29H24Br2ClN3O6S/c1-15-8-20(31)22(9-16(15)2)34-27(37)14-41-23-7-4-17(10-24(23)40-3)11-25-28(38)35(29(39)42-25)13-26(36)33-18-5-6-19(30)21(32)12-18/h4-12H,13-14H2,1-3H3,(H,33,36)(H,34,37)/b25-11+. The molecule has 3 aromatic carbocycles. The number of methoxy groups -OCH3 is 1. The van der Waals surface area contributed by atoms with E-state index in [1.165, 1.54) is 13.2 Å². The highest BCUT2D eigenvalue weighted by Gasteiger charge is 2.36. The quantitative estimate of drug-likeness (QED) is 0.224. The number of carbonyl (C=O) groups is 4. The van der Waals surface area contributed by atoms with E-state index in [9.17, 15) is 19.2 Å². The molecular formula is C29H24Br2ClN3O6S. The SMILES string of the molecule is COc1cc(/C=C2/SC(=O)N(CC(=O)Nc3ccc(Br)c(Cl)c3)C2=O)ccc1OCC(=O)Nc1cc(C)c(C)cc1Br. The monoisotopic (exact) mass is 735 g/mol. The Morgan fingerprint density at radius 1 is 0.952 bits per heavy atom. The predicted octanol–water partition coefficient (Wildman–Crippen LogP) is 7.18. The van der Waals surface area contributed by atoms with E-state index in [0.717, 1.165) is 32.3 Å². The summed E-state index contributed by atoms with van der Waals surface area (Å²) < 4.78 is 12.5. The molecule has 0 saturated carbocycles. The molecule has 4 amide bonds. The lowest BCUT2D eigenvalue weighted by molar-refractivity contribution is -0.127.